The summed E-state index contributed by atoms with van der Waals surface area (Å²) >= 11 is 0. The zero-order valence-electron chi connectivity index (χ0n) is 10.3. The van der Waals surface area contributed by atoms with Gasteiger partial charge in [-0.2, -0.15) is 13.2 Å². The van der Waals surface area contributed by atoms with Crippen LogP contribution in [0.2, 0.25) is 0 Å². The van der Waals surface area contributed by atoms with E-state index in [4.69, 9.17) is 0 Å². The van der Waals surface area contributed by atoms with Crippen molar-refractivity contribution in [1.29, 1.82) is 0 Å². The third-order valence-electron chi connectivity index (χ3n) is 3.56. The molecule has 2 rings (SSSR count). The summed E-state index contributed by atoms with van der Waals surface area (Å²) in [5.41, 5.74) is -0.191. The minimum Gasteiger partial charge on any atom is -0.381 e. The van der Waals surface area contributed by atoms with Gasteiger partial charge in [-0.05, 0) is 37.8 Å². The van der Waals surface area contributed by atoms with Crippen LogP contribution in [0, 0.1) is 5.92 Å². The molecule has 1 saturated carbocycles. The predicted molar refractivity (Wildman–Crippen MR) is 64.3 cm³/mol. The molecule has 18 heavy (non-hydrogen) atoms. The Bertz CT molecular complexity index is 380. The summed E-state index contributed by atoms with van der Waals surface area (Å²) in [4.78, 5) is 3.44. The second kappa shape index (κ2) is 5.16. The van der Waals surface area contributed by atoms with Crippen LogP contribution in [0.4, 0.5) is 18.9 Å². The Morgan fingerprint density at radius 2 is 1.94 bits per heavy atom. The van der Waals surface area contributed by atoms with Crippen LogP contribution in [0.25, 0.3) is 0 Å². The van der Waals surface area contributed by atoms with Gasteiger partial charge in [-0.25, -0.2) is 4.98 Å². The van der Waals surface area contributed by atoms with E-state index in [1.807, 2.05) is 0 Å². The van der Waals surface area contributed by atoms with Crippen LogP contribution in [0.3, 0.4) is 0 Å². The number of alkyl halides is 3. The first-order valence-corrected chi connectivity index (χ1v) is 6.26. The molecule has 0 amide bonds. The number of anilines is 1. The molecule has 1 N–H and O–H groups in total. The van der Waals surface area contributed by atoms with Gasteiger partial charge in [-0.3, -0.25) is 0 Å². The molecule has 1 aliphatic rings. The van der Waals surface area contributed by atoms with Crippen LogP contribution in [-0.4, -0.2) is 11.0 Å². The van der Waals surface area contributed by atoms with E-state index >= 15 is 0 Å². The minimum atomic E-state index is -4.37. The average Bonchev–Trinajstić information content (AvgIpc) is 2.82. The number of pyridine rings is 1. The number of hydrogen-bond acceptors (Lipinski definition) is 2. The third-order valence-corrected chi connectivity index (χ3v) is 3.56. The summed E-state index contributed by atoms with van der Waals surface area (Å²) in [7, 11) is 0. The van der Waals surface area contributed by atoms with Crippen LogP contribution < -0.4 is 5.32 Å². The van der Waals surface area contributed by atoms with Crippen molar-refractivity contribution >= 4 is 5.69 Å². The molecule has 2 nitrogen and oxygen atoms in total. The third kappa shape index (κ3) is 3.15. The fourth-order valence-corrected chi connectivity index (χ4v) is 2.49. The summed E-state index contributed by atoms with van der Waals surface area (Å²) in [6.07, 6.45) is 1.79. The quantitative estimate of drug-likeness (QED) is 0.883. The van der Waals surface area contributed by atoms with Crippen LogP contribution in [0.15, 0.2) is 18.3 Å². The van der Waals surface area contributed by atoms with Gasteiger partial charge in [0.15, 0.2) is 0 Å². The highest BCUT2D eigenvalue weighted by atomic mass is 19.4. The Morgan fingerprint density at radius 3 is 2.44 bits per heavy atom. The van der Waals surface area contributed by atoms with Gasteiger partial charge in [0.1, 0.15) is 5.69 Å². The van der Waals surface area contributed by atoms with E-state index in [1.54, 1.807) is 0 Å². The topological polar surface area (TPSA) is 24.9 Å². The molecular weight excluding hydrogens is 241 g/mol. The van der Waals surface area contributed by atoms with E-state index in [1.165, 1.54) is 37.9 Å². The van der Waals surface area contributed by atoms with E-state index in [0.717, 1.165) is 6.07 Å². The van der Waals surface area contributed by atoms with E-state index in [9.17, 15) is 13.2 Å². The molecule has 1 fully saturated rings. The molecule has 0 bridgehead atoms. The Morgan fingerprint density at radius 1 is 1.28 bits per heavy atom. The molecule has 0 spiro atoms. The van der Waals surface area contributed by atoms with Gasteiger partial charge < -0.3 is 5.32 Å². The van der Waals surface area contributed by atoms with Gasteiger partial charge in [0.25, 0.3) is 0 Å². The first-order valence-electron chi connectivity index (χ1n) is 6.26. The fraction of sp³-hybridized carbons (Fsp3) is 0.615. The summed E-state index contributed by atoms with van der Waals surface area (Å²) in [6, 6.07) is 2.75. The Hall–Kier alpha value is -1.26. The van der Waals surface area contributed by atoms with Crippen molar-refractivity contribution in [2.75, 3.05) is 5.32 Å². The van der Waals surface area contributed by atoms with Crippen molar-refractivity contribution in [2.24, 2.45) is 5.92 Å². The van der Waals surface area contributed by atoms with E-state index in [0.29, 0.717) is 11.6 Å². The highest BCUT2D eigenvalue weighted by Gasteiger charge is 2.32. The number of rotatable bonds is 3. The van der Waals surface area contributed by atoms with Gasteiger partial charge in [0.2, 0.25) is 0 Å². The Labute approximate surface area is 105 Å². The molecule has 1 aliphatic carbocycles. The molecular formula is C13H17F3N2. The maximum Gasteiger partial charge on any atom is 0.433 e. The standard InChI is InChI=1S/C13H17F3N2/c1-9(10-4-2-3-5-10)18-11-6-7-12(17-8-11)13(14,15)16/h6-10,18H,2-5H2,1H3. The molecule has 0 aromatic carbocycles. The first-order chi connectivity index (χ1) is 8.47. The monoisotopic (exact) mass is 258 g/mol. The first kappa shape index (κ1) is 13.2. The molecule has 1 aromatic rings. The van der Waals surface area contributed by atoms with Gasteiger partial charge in [0.05, 0.1) is 11.9 Å². The van der Waals surface area contributed by atoms with Crippen LogP contribution in [0.5, 0.6) is 0 Å². The Balaban J connectivity index is 1.97. The maximum atomic E-state index is 12.3. The van der Waals surface area contributed by atoms with Crippen molar-refractivity contribution in [3.8, 4) is 0 Å². The van der Waals surface area contributed by atoms with Gasteiger partial charge in [-0.1, -0.05) is 12.8 Å². The van der Waals surface area contributed by atoms with Gasteiger partial charge >= 0.3 is 6.18 Å². The number of nitrogens with one attached hydrogen (secondary N) is 1. The SMILES string of the molecule is CC(Nc1ccc(C(F)(F)F)nc1)C1CCCC1. The summed E-state index contributed by atoms with van der Waals surface area (Å²) in [6.45, 7) is 2.08. The summed E-state index contributed by atoms with van der Waals surface area (Å²) in [5.74, 6) is 0.618. The van der Waals surface area contributed by atoms with E-state index in [2.05, 4.69) is 17.2 Å². The van der Waals surface area contributed by atoms with Crippen molar-refractivity contribution in [2.45, 2.75) is 44.8 Å². The number of hydrogen-bond donors (Lipinski definition) is 1. The second-order valence-corrected chi connectivity index (χ2v) is 4.91. The molecule has 5 heteroatoms. The summed E-state index contributed by atoms with van der Waals surface area (Å²) < 4.78 is 37.0. The van der Waals surface area contributed by atoms with E-state index < -0.39 is 11.9 Å². The molecule has 0 saturated heterocycles. The smallest absolute Gasteiger partial charge is 0.381 e. The molecule has 100 valence electrons. The molecule has 0 aliphatic heterocycles. The molecule has 1 aromatic heterocycles. The van der Waals surface area contributed by atoms with Gasteiger partial charge in [0, 0.05) is 6.04 Å². The normalized spacial score (nSPS) is 18.9. The molecule has 1 heterocycles. The lowest BCUT2D eigenvalue weighted by Gasteiger charge is -2.21. The van der Waals surface area contributed by atoms with Gasteiger partial charge in [-0.15, -0.1) is 0 Å². The zero-order valence-corrected chi connectivity index (χ0v) is 10.3. The van der Waals surface area contributed by atoms with Crippen molar-refractivity contribution in [3.05, 3.63) is 24.0 Å². The van der Waals surface area contributed by atoms with Crippen LogP contribution in [-0.2, 0) is 6.18 Å². The number of aromatic nitrogens is 1. The highest BCUT2D eigenvalue weighted by molar-refractivity contribution is 5.42. The highest BCUT2D eigenvalue weighted by Crippen LogP contribution is 2.30. The lowest BCUT2D eigenvalue weighted by Crippen LogP contribution is -2.23. The van der Waals surface area contributed by atoms with Crippen LogP contribution >= 0.6 is 0 Å². The second-order valence-electron chi connectivity index (χ2n) is 4.91. The lowest BCUT2D eigenvalue weighted by atomic mass is 10.00. The molecule has 1 atom stereocenters. The summed E-state index contributed by atoms with van der Waals surface area (Å²) in [5, 5.41) is 3.23. The van der Waals surface area contributed by atoms with Crippen LogP contribution in [0.1, 0.15) is 38.3 Å². The minimum absolute atomic E-state index is 0.283. The fourth-order valence-electron chi connectivity index (χ4n) is 2.49. The predicted octanol–water partition coefficient (Wildman–Crippen LogP) is 4.09. The Kier molecular flexibility index (Phi) is 3.78. The maximum absolute atomic E-state index is 12.3. The van der Waals surface area contributed by atoms with E-state index in [-0.39, 0.29) is 6.04 Å². The lowest BCUT2D eigenvalue weighted by molar-refractivity contribution is -0.141. The zero-order chi connectivity index (χ0) is 13.2. The number of nitrogens with zero attached hydrogens (tertiary/aromatic N) is 1. The van der Waals surface area contributed by atoms with Crippen molar-refractivity contribution in [1.82, 2.24) is 4.98 Å². The number of halogens is 3. The molecule has 0 radical (unpaired) electrons. The van der Waals surface area contributed by atoms with Crippen molar-refractivity contribution < 1.29 is 13.2 Å². The molecule has 1 unspecified atom stereocenters. The average molecular weight is 258 g/mol. The largest absolute Gasteiger partial charge is 0.433 e. The van der Waals surface area contributed by atoms with Crippen molar-refractivity contribution in [3.63, 3.8) is 0 Å².